The van der Waals surface area contributed by atoms with E-state index >= 15 is 0 Å². The van der Waals surface area contributed by atoms with E-state index in [9.17, 15) is 4.79 Å². The fourth-order valence-corrected chi connectivity index (χ4v) is 1.40. The molecule has 0 saturated carbocycles. The number of esters is 1. The second-order valence-electron chi connectivity index (χ2n) is 2.17. The van der Waals surface area contributed by atoms with E-state index in [0.717, 1.165) is 0 Å². The average molecular weight is 224 g/mol. The van der Waals surface area contributed by atoms with E-state index < -0.39 is 0 Å². The van der Waals surface area contributed by atoms with Gasteiger partial charge in [0.15, 0.2) is 6.54 Å². The number of anilines is 1. The van der Waals surface area contributed by atoms with Gasteiger partial charge in [-0.25, -0.2) is 9.36 Å². The lowest BCUT2D eigenvalue weighted by molar-refractivity contribution is -0.667. The van der Waals surface area contributed by atoms with Crippen LogP contribution in [0.15, 0.2) is 11.6 Å². The van der Waals surface area contributed by atoms with E-state index in [1.54, 1.807) is 17.7 Å². The number of nitrogens with two attached hydrogens (primary N) is 1. The van der Waals surface area contributed by atoms with Crippen molar-refractivity contribution in [3.8, 4) is 0 Å². The first-order valence-electron chi connectivity index (χ1n) is 3.62. The van der Waals surface area contributed by atoms with Gasteiger partial charge >= 0.3 is 11.1 Å². The van der Waals surface area contributed by atoms with Gasteiger partial charge in [-0.2, -0.15) is 0 Å². The van der Waals surface area contributed by atoms with Crippen LogP contribution in [-0.4, -0.2) is 12.6 Å². The van der Waals surface area contributed by atoms with Crippen molar-refractivity contribution in [1.82, 2.24) is 0 Å². The highest BCUT2D eigenvalue weighted by molar-refractivity contribution is 7.12. The van der Waals surface area contributed by atoms with E-state index in [1.807, 2.05) is 5.38 Å². The number of thiazole rings is 1. The van der Waals surface area contributed by atoms with Gasteiger partial charge in [0, 0.05) is 5.38 Å². The van der Waals surface area contributed by atoms with Crippen molar-refractivity contribution in [2.24, 2.45) is 0 Å². The van der Waals surface area contributed by atoms with Gasteiger partial charge in [0.05, 0.1) is 6.61 Å². The fourth-order valence-electron chi connectivity index (χ4n) is 0.791. The van der Waals surface area contributed by atoms with Crippen LogP contribution in [0.5, 0.6) is 0 Å². The molecule has 1 aromatic heterocycles. The number of hydrogen-bond donors (Lipinski definition) is 1. The molecule has 0 fully saturated rings. The molecule has 0 unspecified atom stereocenters. The van der Waals surface area contributed by atoms with Gasteiger partial charge in [-0.05, 0) is 6.92 Å². The van der Waals surface area contributed by atoms with Crippen molar-refractivity contribution in [3.05, 3.63) is 11.6 Å². The molecule has 1 heterocycles. The molecule has 0 bridgehead atoms. The highest BCUT2D eigenvalue weighted by Crippen LogP contribution is 2.02. The summed E-state index contributed by atoms with van der Waals surface area (Å²) in [7, 11) is 0. The molecule has 0 amide bonds. The first-order valence-corrected chi connectivity index (χ1v) is 4.50. The zero-order valence-electron chi connectivity index (χ0n) is 7.23. The van der Waals surface area contributed by atoms with E-state index in [-0.39, 0.29) is 24.9 Å². The Morgan fingerprint density at radius 3 is 2.92 bits per heavy atom. The predicted molar refractivity (Wildman–Crippen MR) is 52.8 cm³/mol. The maximum absolute atomic E-state index is 11.0. The van der Waals surface area contributed by atoms with Gasteiger partial charge in [-0.1, -0.05) is 11.3 Å². The van der Waals surface area contributed by atoms with E-state index in [0.29, 0.717) is 11.7 Å². The van der Waals surface area contributed by atoms with E-state index in [4.69, 9.17) is 10.5 Å². The van der Waals surface area contributed by atoms with Crippen molar-refractivity contribution < 1.29 is 14.1 Å². The summed E-state index contributed by atoms with van der Waals surface area (Å²) in [6, 6.07) is 0. The van der Waals surface area contributed by atoms with E-state index in [2.05, 4.69) is 0 Å². The normalized spacial score (nSPS) is 9.00. The molecule has 0 saturated heterocycles. The monoisotopic (exact) mass is 223 g/mol. The minimum absolute atomic E-state index is 0. The molecular weight excluding hydrogens is 212 g/mol. The van der Waals surface area contributed by atoms with Crippen molar-refractivity contribution in [3.63, 3.8) is 0 Å². The van der Waals surface area contributed by atoms with Gasteiger partial charge in [0.1, 0.15) is 6.20 Å². The average Bonchev–Trinajstić information content (AvgIpc) is 2.37. The van der Waals surface area contributed by atoms with Crippen molar-refractivity contribution in [2.75, 3.05) is 12.3 Å². The first-order chi connectivity index (χ1) is 5.74. The quantitative estimate of drug-likeness (QED) is 0.603. The van der Waals surface area contributed by atoms with Crippen molar-refractivity contribution in [1.29, 1.82) is 0 Å². The van der Waals surface area contributed by atoms with Crippen LogP contribution in [0.4, 0.5) is 5.13 Å². The van der Waals surface area contributed by atoms with Crippen LogP contribution in [-0.2, 0) is 16.1 Å². The first kappa shape index (κ1) is 12.2. The highest BCUT2D eigenvalue weighted by Gasteiger charge is 2.10. The topological polar surface area (TPSA) is 56.2 Å². The van der Waals surface area contributed by atoms with Gasteiger partial charge in [-0.15, -0.1) is 12.4 Å². The Labute approximate surface area is 86.7 Å². The Morgan fingerprint density at radius 2 is 2.46 bits per heavy atom. The summed E-state index contributed by atoms with van der Waals surface area (Å²) < 4.78 is 6.41. The number of halogens is 1. The maximum atomic E-state index is 11.0. The molecule has 4 nitrogen and oxygen atoms in total. The van der Waals surface area contributed by atoms with Crippen molar-refractivity contribution >= 4 is 34.8 Å². The molecule has 0 aliphatic rings. The number of hydrogen-bond acceptors (Lipinski definition) is 4. The Hall–Kier alpha value is -0.810. The third-order valence-electron chi connectivity index (χ3n) is 1.32. The van der Waals surface area contributed by atoms with Gasteiger partial charge < -0.3 is 4.74 Å². The summed E-state index contributed by atoms with van der Waals surface area (Å²) in [5, 5.41) is 2.44. The smallest absolute Gasteiger partial charge is 0.348 e. The van der Waals surface area contributed by atoms with Gasteiger partial charge in [-0.3, -0.25) is 5.73 Å². The number of aromatic nitrogens is 1. The van der Waals surface area contributed by atoms with Crippen LogP contribution in [0, 0.1) is 0 Å². The second-order valence-corrected chi connectivity index (χ2v) is 3.10. The van der Waals surface area contributed by atoms with Crippen LogP contribution in [0.25, 0.3) is 0 Å². The Morgan fingerprint density at radius 1 is 1.77 bits per heavy atom. The molecular formula is C7H12ClN2O2S+. The molecule has 74 valence electrons. The largest absolute Gasteiger partial charge is 0.463 e. The third-order valence-corrected chi connectivity index (χ3v) is 2.05. The van der Waals surface area contributed by atoms with Gasteiger partial charge in [0.2, 0.25) is 0 Å². The van der Waals surface area contributed by atoms with Gasteiger partial charge in [0.25, 0.3) is 0 Å². The zero-order chi connectivity index (χ0) is 8.97. The van der Waals surface area contributed by atoms with Crippen molar-refractivity contribution in [2.45, 2.75) is 13.5 Å². The lowest BCUT2D eigenvalue weighted by atomic mass is 10.6. The molecule has 0 aliphatic carbocycles. The summed E-state index contributed by atoms with van der Waals surface area (Å²) in [5.41, 5.74) is 5.56. The molecule has 6 heteroatoms. The number of nitrogens with zero attached hydrogens (tertiary/aromatic N) is 1. The predicted octanol–water partition coefficient (Wildman–Crippen LogP) is 0.603. The lowest BCUT2D eigenvalue weighted by Crippen LogP contribution is -2.38. The zero-order valence-corrected chi connectivity index (χ0v) is 8.86. The third kappa shape index (κ3) is 3.61. The molecule has 0 radical (unpaired) electrons. The minimum Gasteiger partial charge on any atom is -0.463 e. The van der Waals surface area contributed by atoms with Crippen LogP contribution in [0.3, 0.4) is 0 Å². The molecule has 13 heavy (non-hydrogen) atoms. The lowest BCUT2D eigenvalue weighted by Gasteiger charge is -1.98. The molecule has 0 aromatic carbocycles. The number of rotatable bonds is 3. The Bertz CT molecular complexity index is 277. The summed E-state index contributed by atoms with van der Waals surface area (Å²) in [4.78, 5) is 11.0. The second kappa shape index (κ2) is 5.77. The number of nitrogen functional groups attached to an aromatic ring is 1. The molecule has 0 spiro atoms. The Balaban J connectivity index is 0.00000144. The summed E-state index contributed by atoms with van der Waals surface area (Å²) in [6.45, 7) is 2.38. The van der Waals surface area contributed by atoms with Crippen LogP contribution in [0.2, 0.25) is 0 Å². The SMILES string of the molecule is CCOC(=O)C[n+]1ccsc1N.Cl. The van der Waals surface area contributed by atoms with Crippen LogP contribution < -0.4 is 10.3 Å². The minimum atomic E-state index is -0.257. The van der Waals surface area contributed by atoms with Crippen LogP contribution >= 0.6 is 23.7 Å². The maximum Gasteiger partial charge on any atom is 0.348 e. The molecule has 2 N–H and O–H groups in total. The van der Waals surface area contributed by atoms with E-state index in [1.165, 1.54) is 11.3 Å². The fraction of sp³-hybridized carbons (Fsp3) is 0.429. The Kier molecular flexibility index (Phi) is 5.41. The molecule has 0 atom stereocenters. The molecule has 1 aromatic rings. The number of ether oxygens (including phenoxy) is 1. The van der Waals surface area contributed by atoms with Crippen LogP contribution in [0.1, 0.15) is 6.92 Å². The summed E-state index contributed by atoms with van der Waals surface area (Å²) >= 11 is 1.40. The summed E-state index contributed by atoms with van der Waals surface area (Å²) in [5.74, 6) is -0.257. The summed E-state index contributed by atoms with van der Waals surface area (Å²) in [6.07, 6.45) is 1.76. The highest BCUT2D eigenvalue weighted by atomic mass is 35.5. The number of carbonyl (C=O) groups is 1. The molecule has 1 rings (SSSR count). The standard InChI is InChI=1S/C7H10N2O2S.ClH/c1-2-11-6(10)5-9-3-4-12-7(9)8;/h3-4,8H,2,5H2,1H3;1H/p+1. The molecule has 0 aliphatic heterocycles. The number of carbonyl (C=O) groups excluding carboxylic acids is 1.